The summed E-state index contributed by atoms with van der Waals surface area (Å²) in [4.78, 5) is 12.5. The van der Waals surface area contributed by atoms with Gasteiger partial charge in [-0.2, -0.15) is 0 Å². The van der Waals surface area contributed by atoms with Crippen LogP contribution in [-0.4, -0.2) is 26.6 Å². The zero-order valence-electron chi connectivity index (χ0n) is 14.9. The van der Waals surface area contributed by atoms with E-state index in [1.165, 1.54) is 12.1 Å². The number of hydrogen-bond acceptors (Lipinski definition) is 4. The van der Waals surface area contributed by atoms with Gasteiger partial charge in [-0.3, -0.25) is 4.79 Å². The molecule has 2 N–H and O–H groups in total. The zero-order valence-corrected chi connectivity index (χ0v) is 16.6. The van der Waals surface area contributed by atoms with Gasteiger partial charge in [-0.05, 0) is 47.9 Å². The highest BCUT2D eigenvalue weighted by Gasteiger charge is 2.18. The first kappa shape index (κ1) is 21.3. The van der Waals surface area contributed by atoms with Crippen LogP contribution in [0.3, 0.4) is 0 Å². The fourth-order valence-electron chi connectivity index (χ4n) is 2.99. The van der Waals surface area contributed by atoms with Gasteiger partial charge in [0.25, 0.3) is 0 Å². The van der Waals surface area contributed by atoms with Gasteiger partial charge in [0, 0.05) is 6.54 Å². The number of nitrogens with one attached hydrogen (secondary N) is 2. The molecule has 1 aliphatic rings. The maximum atomic E-state index is 14.6. The van der Waals surface area contributed by atoms with E-state index in [0.29, 0.717) is 30.6 Å². The van der Waals surface area contributed by atoms with Crippen LogP contribution in [0, 0.1) is 5.82 Å². The molecule has 3 rings (SSSR count). The Morgan fingerprint density at radius 3 is 2.56 bits per heavy atom. The lowest BCUT2D eigenvalue weighted by molar-refractivity contribution is -0.115. The van der Waals surface area contributed by atoms with Gasteiger partial charge in [0.15, 0.2) is 9.84 Å². The molecule has 0 aliphatic carbocycles. The average Bonchev–Trinajstić information content (AvgIpc) is 2.65. The molecule has 0 radical (unpaired) electrons. The number of fused-ring (bicyclic) bond motifs is 1. The number of carbonyl (C=O) groups is 1. The first-order valence-corrected chi connectivity index (χ1v) is 10.2. The van der Waals surface area contributed by atoms with Crippen molar-refractivity contribution in [2.24, 2.45) is 0 Å². The SMILES string of the molecule is CCS(=O)(=O)c1ccc(CC(=O)Nc2ccc3c(c2F)CCNC3)cc1.Cl. The van der Waals surface area contributed by atoms with Gasteiger partial charge in [-0.1, -0.05) is 25.1 Å². The number of anilines is 1. The van der Waals surface area contributed by atoms with Crippen molar-refractivity contribution in [2.75, 3.05) is 17.6 Å². The van der Waals surface area contributed by atoms with Crippen LogP contribution in [0.2, 0.25) is 0 Å². The monoisotopic (exact) mass is 412 g/mol. The van der Waals surface area contributed by atoms with E-state index in [1.54, 1.807) is 25.1 Å². The molecule has 146 valence electrons. The summed E-state index contributed by atoms with van der Waals surface area (Å²) < 4.78 is 38.2. The molecule has 2 aromatic carbocycles. The largest absolute Gasteiger partial charge is 0.323 e. The molecular formula is C19H22ClFN2O3S. The highest BCUT2D eigenvalue weighted by atomic mass is 35.5. The molecular weight excluding hydrogens is 391 g/mol. The molecule has 0 saturated carbocycles. The molecule has 0 saturated heterocycles. The molecule has 0 atom stereocenters. The molecule has 1 amide bonds. The maximum Gasteiger partial charge on any atom is 0.228 e. The normalized spacial score (nSPS) is 13.4. The van der Waals surface area contributed by atoms with Gasteiger partial charge >= 0.3 is 0 Å². The molecule has 0 spiro atoms. The second-order valence-corrected chi connectivity index (χ2v) is 8.54. The lowest BCUT2D eigenvalue weighted by Crippen LogP contribution is -2.25. The molecule has 2 aromatic rings. The van der Waals surface area contributed by atoms with Crippen molar-refractivity contribution in [3.8, 4) is 0 Å². The molecule has 0 unspecified atom stereocenters. The third kappa shape index (κ3) is 4.86. The van der Waals surface area contributed by atoms with Crippen molar-refractivity contribution < 1.29 is 17.6 Å². The second-order valence-electron chi connectivity index (χ2n) is 6.26. The van der Waals surface area contributed by atoms with E-state index in [1.807, 2.05) is 6.07 Å². The Bertz CT molecular complexity index is 931. The molecule has 1 aliphatic heterocycles. The number of rotatable bonds is 5. The summed E-state index contributed by atoms with van der Waals surface area (Å²) in [6.45, 7) is 2.93. The summed E-state index contributed by atoms with van der Waals surface area (Å²) in [5.74, 6) is -0.689. The van der Waals surface area contributed by atoms with E-state index in [-0.39, 0.29) is 46.9 Å². The minimum absolute atomic E-state index is 0. The van der Waals surface area contributed by atoms with Crippen LogP contribution in [0.25, 0.3) is 0 Å². The molecule has 0 aromatic heterocycles. The first-order valence-electron chi connectivity index (χ1n) is 8.53. The van der Waals surface area contributed by atoms with Crippen molar-refractivity contribution in [1.29, 1.82) is 0 Å². The minimum atomic E-state index is -3.26. The van der Waals surface area contributed by atoms with Gasteiger partial charge in [-0.25, -0.2) is 12.8 Å². The summed E-state index contributed by atoms with van der Waals surface area (Å²) >= 11 is 0. The van der Waals surface area contributed by atoms with Crippen molar-refractivity contribution in [3.63, 3.8) is 0 Å². The first-order chi connectivity index (χ1) is 12.4. The third-order valence-corrected chi connectivity index (χ3v) is 6.26. The van der Waals surface area contributed by atoms with Crippen LogP contribution in [0.4, 0.5) is 10.1 Å². The van der Waals surface area contributed by atoms with Crippen molar-refractivity contribution >= 4 is 33.8 Å². The number of amides is 1. The van der Waals surface area contributed by atoms with Crippen LogP contribution in [-0.2, 0) is 34.0 Å². The Kier molecular flexibility index (Phi) is 6.97. The Morgan fingerprint density at radius 2 is 1.89 bits per heavy atom. The van der Waals surface area contributed by atoms with Crippen LogP contribution in [0.15, 0.2) is 41.3 Å². The van der Waals surface area contributed by atoms with Crippen LogP contribution >= 0.6 is 12.4 Å². The average molecular weight is 413 g/mol. The van der Waals surface area contributed by atoms with Gasteiger partial charge < -0.3 is 10.6 Å². The van der Waals surface area contributed by atoms with E-state index in [9.17, 15) is 17.6 Å². The van der Waals surface area contributed by atoms with Crippen molar-refractivity contribution in [3.05, 3.63) is 58.9 Å². The number of halogens is 2. The summed E-state index contributed by atoms with van der Waals surface area (Å²) in [5, 5.41) is 5.80. The van der Waals surface area contributed by atoms with Crippen molar-refractivity contribution in [2.45, 2.75) is 31.2 Å². The summed E-state index contributed by atoms with van der Waals surface area (Å²) in [5.41, 5.74) is 2.41. The number of carbonyl (C=O) groups excluding carboxylic acids is 1. The molecule has 1 heterocycles. The zero-order chi connectivity index (χ0) is 18.7. The lowest BCUT2D eigenvalue weighted by atomic mass is 9.99. The summed E-state index contributed by atoms with van der Waals surface area (Å²) in [6, 6.07) is 9.61. The highest BCUT2D eigenvalue weighted by molar-refractivity contribution is 7.91. The van der Waals surface area contributed by atoms with E-state index in [4.69, 9.17) is 0 Å². The fraction of sp³-hybridized carbons (Fsp3) is 0.316. The predicted octanol–water partition coefficient (Wildman–Crippen LogP) is 2.87. The molecule has 0 bridgehead atoms. The summed E-state index contributed by atoms with van der Waals surface area (Å²) in [6.07, 6.45) is 0.642. The van der Waals surface area contributed by atoms with Gasteiger partial charge in [0.05, 0.1) is 22.8 Å². The smallest absolute Gasteiger partial charge is 0.228 e. The molecule has 27 heavy (non-hydrogen) atoms. The number of sulfone groups is 1. The van der Waals surface area contributed by atoms with Crippen LogP contribution in [0.5, 0.6) is 0 Å². The predicted molar refractivity (Wildman–Crippen MR) is 106 cm³/mol. The van der Waals surface area contributed by atoms with Gasteiger partial charge in [-0.15, -0.1) is 12.4 Å². The van der Waals surface area contributed by atoms with E-state index in [0.717, 1.165) is 5.56 Å². The quantitative estimate of drug-likeness (QED) is 0.791. The fourth-order valence-corrected chi connectivity index (χ4v) is 3.88. The Balaban J connectivity index is 0.00000261. The summed E-state index contributed by atoms with van der Waals surface area (Å²) in [7, 11) is -3.26. The topological polar surface area (TPSA) is 75.3 Å². The van der Waals surface area contributed by atoms with E-state index >= 15 is 0 Å². The molecule has 8 heteroatoms. The standard InChI is InChI=1S/C19H21FN2O3S.ClH/c1-2-26(24,25)15-6-3-13(4-7-15)11-18(23)22-17-8-5-14-12-21-10-9-16(14)19(17)20;/h3-8,21H,2,9-12H2,1H3,(H,22,23);1H. The Hall–Kier alpha value is -1.96. The maximum absolute atomic E-state index is 14.6. The molecule has 0 fully saturated rings. The Labute approximate surface area is 164 Å². The number of benzene rings is 2. The van der Waals surface area contributed by atoms with E-state index in [2.05, 4.69) is 10.6 Å². The number of hydrogen-bond donors (Lipinski definition) is 2. The lowest BCUT2D eigenvalue weighted by Gasteiger charge is -2.19. The third-order valence-electron chi connectivity index (χ3n) is 4.51. The highest BCUT2D eigenvalue weighted by Crippen LogP contribution is 2.24. The second kappa shape index (κ2) is 8.82. The van der Waals surface area contributed by atoms with Gasteiger partial charge in [0.1, 0.15) is 5.82 Å². The molecule has 5 nitrogen and oxygen atoms in total. The van der Waals surface area contributed by atoms with Crippen LogP contribution in [0.1, 0.15) is 23.6 Å². The Morgan fingerprint density at radius 1 is 1.19 bits per heavy atom. The van der Waals surface area contributed by atoms with Gasteiger partial charge in [0.2, 0.25) is 5.91 Å². The van der Waals surface area contributed by atoms with Crippen molar-refractivity contribution in [1.82, 2.24) is 5.32 Å². The van der Waals surface area contributed by atoms with E-state index < -0.39 is 9.84 Å². The van der Waals surface area contributed by atoms with Crippen LogP contribution < -0.4 is 10.6 Å². The minimum Gasteiger partial charge on any atom is -0.323 e.